The Bertz CT molecular complexity index is 1270. The third-order valence-electron chi connectivity index (χ3n) is 5.18. The van der Waals surface area contributed by atoms with Crippen LogP contribution >= 0.6 is 0 Å². The summed E-state index contributed by atoms with van der Waals surface area (Å²) in [6, 6.07) is 10.4. The second-order valence-electron chi connectivity index (χ2n) is 8.23. The topological polar surface area (TPSA) is 88.3 Å². The van der Waals surface area contributed by atoms with E-state index in [-0.39, 0.29) is 30.7 Å². The summed E-state index contributed by atoms with van der Waals surface area (Å²) in [5.74, 6) is -0.905. The van der Waals surface area contributed by atoms with Crippen molar-refractivity contribution >= 4 is 11.6 Å². The van der Waals surface area contributed by atoms with Crippen LogP contribution in [0.25, 0.3) is 11.3 Å². The van der Waals surface area contributed by atoms with Crippen LogP contribution in [0.1, 0.15) is 29.8 Å². The number of carbonyl (C=O) groups is 1. The summed E-state index contributed by atoms with van der Waals surface area (Å²) in [5, 5.41) is 9.26. The number of ether oxygens (including phenoxy) is 2. The number of fused-ring (bicyclic) bond motifs is 1. The summed E-state index contributed by atoms with van der Waals surface area (Å²) in [7, 11) is 0. The fourth-order valence-corrected chi connectivity index (χ4v) is 3.46. The van der Waals surface area contributed by atoms with Gasteiger partial charge in [0.05, 0.1) is 35.6 Å². The van der Waals surface area contributed by atoms with E-state index in [0.29, 0.717) is 28.1 Å². The van der Waals surface area contributed by atoms with E-state index in [1.807, 2.05) is 0 Å². The number of aromatic nitrogens is 2. The quantitative estimate of drug-likeness (QED) is 0.486. The fourth-order valence-electron chi connectivity index (χ4n) is 3.46. The highest BCUT2D eigenvalue weighted by Gasteiger charge is 2.32. The van der Waals surface area contributed by atoms with Crippen LogP contribution in [0, 0.1) is 22.6 Å². The fraction of sp³-hybridized carbons (Fsp3) is 0.250. The zero-order valence-corrected chi connectivity index (χ0v) is 18.3. The molecule has 10 heteroatoms. The number of nitriles is 1. The first kappa shape index (κ1) is 23.0. The lowest BCUT2D eigenvalue weighted by Crippen LogP contribution is -2.23. The lowest BCUT2D eigenvalue weighted by atomic mass is 9.97. The Hall–Kier alpha value is -4.13. The molecule has 3 aromatic rings. The number of rotatable bonds is 7. The molecule has 4 rings (SSSR count). The van der Waals surface area contributed by atoms with Gasteiger partial charge in [0.15, 0.2) is 0 Å². The minimum atomic E-state index is -3.00. The van der Waals surface area contributed by atoms with Gasteiger partial charge in [-0.2, -0.15) is 14.0 Å². The van der Waals surface area contributed by atoms with Crippen LogP contribution in [-0.4, -0.2) is 29.1 Å². The summed E-state index contributed by atoms with van der Waals surface area (Å²) in [6.45, 7) is 0.558. The average molecular weight is 468 g/mol. The summed E-state index contributed by atoms with van der Waals surface area (Å²) in [4.78, 5) is 22.7. The van der Waals surface area contributed by atoms with Crippen LogP contribution < -0.4 is 14.4 Å². The highest BCUT2D eigenvalue weighted by atomic mass is 19.3. The van der Waals surface area contributed by atoms with Gasteiger partial charge in [0.25, 0.3) is 5.91 Å². The Labute approximate surface area is 193 Å². The molecule has 0 spiro atoms. The van der Waals surface area contributed by atoms with E-state index in [1.54, 1.807) is 19.9 Å². The van der Waals surface area contributed by atoms with Crippen molar-refractivity contribution in [2.45, 2.75) is 27.0 Å². The van der Waals surface area contributed by atoms with Gasteiger partial charge in [-0.3, -0.25) is 9.78 Å². The Kier molecular flexibility index (Phi) is 6.11. The first-order valence-corrected chi connectivity index (χ1v) is 10.2. The molecule has 0 unspecified atom stereocenters. The predicted molar refractivity (Wildman–Crippen MR) is 116 cm³/mol. The first-order chi connectivity index (χ1) is 16.2. The van der Waals surface area contributed by atoms with E-state index in [4.69, 9.17) is 4.74 Å². The maximum Gasteiger partial charge on any atom is 0.388 e. The molecule has 0 saturated carbocycles. The Morgan fingerprint density at radius 2 is 1.97 bits per heavy atom. The largest absolute Gasteiger partial charge is 0.491 e. The van der Waals surface area contributed by atoms with Crippen molar-refractivity contribution in [3.8, 4) is 29.0 Å². The van der Waals surface area contributed by atoms with Gasteiger partial charge in [0.2, 0.25) is 5.88 Å². The maximum absolute atomic E-state index is 14.0. The number of alkyl halides is 2. The van der Waals surface area contributed by atoms with E-state index in [9.17, 15) is 23.2 Å². The molecule has 2 aromatic heterocycles. The summed E-state index contributed by atoms with van der Waals surface area (Å²) < 4.78 is 48.8. The standard InChI is InChI=1S/C24H19F3N4O3/c1-24(2,12-28)13-33-19-9-14(25)3-5-17(19)21-18-11-31(22(32)16(18)7-8-29-21)15-4-6-20(30-10-15)34-23(26)27/h3-10,23H,11,13H2,1-2H3. The van der Waals surface area contributed by atoms with Gasteiger partial charge in [0.1, 0.15) is 18.2 Å². The summed E-state index contributed by atoms with van der Waals surface area (Å²) >= 11 is 0. The first-order valence-electron chi connectivity index (χ1n) is 10.2. The predicted octanol–water partition coefficient (Wildman–Crippen LogP) is 4.97. The number of nitrogens with zero attached hydrogens (tertiary/aromatic N) is 4. The van der Waals surface area contributed by atoms with E-state index in [1.165, 1.54) is 47.6 Å². The van der Waals surface area contributed by atoms with Crippen LogP contribution in [0.4, 0.5) is 18.9 Å². The molecular formula is C24H19F3N4O3. The minimum absolute atomic E-state index is 0.0265. The van der Waals surface area contributed by atoms with Gasteiger partial charge in [-0.25, -0.2) is 9.37 Å². The number of halogens is 3. The van der Waals surface area contributed by atoms with Crippen molar-refractivity contribution in [2.75, 3.05) is 11.5 Å². The van der Waals surface area contributed by atoms with Crippen LogP contribution in [0.5, 0.6) is 11.6 Å². The maximum atomic E-state index is 14.0. The Balaban J connectivity index is 1.67. The number of pyridine rings is 2. The zero-order chi connectivity index (χ0) is 24.5. The van der Waals surface area contributed by atoms with Gasteiger partial charge >= 0.3 is 6.61 Å². The molecule has 0 N–H and O–H groups in total. The molecule has 0 aliphatic carbocycles. The third kappa shape index (κ3) is 4.64. The number of amides is 1. The Morgan fingerprint density at radius 3 is 2.65 bits per heavy atom. The number of anilines is 1. The molecule has 3 heterocycles. The molecule has 0 bridgehead atoms. The third-order valence-corrected chi connectivity index (χ3v) is 5.18. The second-order valence-corrected chi connectivity index (χ2v) is 8.23. The van der Waals surface area contributed by atoms with E-state index in [2.05, 4.69) is 20.8 Å². The van der Waals surface area contributed by atoms with Crippen molar-refractivity contribution in [3.05, 3.63) is 65.7 Å². The van der Waals surface area contributed by atoms with Gasteiger partial charge in [-0.05, 0) is 38.1 Å². The lowest BCUT2D eigenvalue weighted by molar-refractivity contribution is -0.0528. The number of carbonyl (C=O) groups excluding carboxylic acids is 1. The molecule has 1 amide bonds. The molecule has 174 valence electrons. The zero-order valence-electron chi connectivity index (χ0n) is 18.3. The van der Waals surface area contributed by atoms with Crippen LogP contribution in [0.2, 0.25) is 0 Å². The van der Waals surface area contributed by atoms with Crippen LogP contribution in [-0.2, 0) is 6.54 Å². The van der Waals surface area contributed by atoms with E-state index < -0.39 is 17.8 Å². The number of hydrogen-bond acceptors (Lipinski definition) is 6. The monoisotopic (exact) mass is 468 g/mol. The van der Waals surface area contributed by atoms with Crippen LogP contribution in [0.15, 0.2) is 48.8 Å². The highest BCUT2D eigenvalue weighted by Crippen LogP contribution is 2.38. The van der Waals surface area contributed by atoms with Gasteiger partial charge < -0.3 is 14.4 Å². The average Bonchev–Trinajstić information content (AvgIpc) is 3.15. The molecule has 1 aromatic carbocycles. The van der Waals surface area contributed by atoms with E-state index >= 15 is 0 Å². The SMILES string of the molecule is CC(C)(C#N)COc1cc(F)ccc1-c1nccc2c1CN(c1ccc(OC(F)F)nc1)C2=O. The number of hydrogen-bond donors (Lipinski definition) is 0. The second kappa shape index (κ2) is 9.02. The summed E-state index contributed by atoms with van der Waals surface area (Å²) in [5.41, 5.74) is 1.49. The van der Waals surface area contributed by atoms with Crippen molar-refractivity contribution in [2.24, 2.45) is 5.41 Å². The van der Waals surface area contributed by atoms with E-state index in [0.717, 1.165) is 0 Å². The number of benzene rings is 1. The minimum Gasteiger partial charge on any atom is -0.491 e. The van der Waals surface area contributed by atoms with Gasteiger partial charge in [-0.15, -0.1) is 0 Å². The van der Waals surface area contributed by atoms with Crippen LogP contribution in [0.3, 0.4) is 0 Å². The molecular weight excluding hydrogens is 449 g/mol. The normalized spacial score (nSPS) is 13.1. The Morgan fingerprint density at radius 1 is 1.18 bits per heavy atom. The molecule has 7 nitrogen and oxygen atoms in total. The molecule has 0 atom stereocenters. The van der Waals surface area contributed by atoms with Crippen molar-refractivity contribution in [1.82, 2.24) is 9.97 Å². The molecule has 1 aliphatic rings. The molecule has 34 heavy (non-hydrogen) atoms. The van der Waals surface area contributed by atoms with Gasteiger partial charge in [0, 0.05) is 35.0 Å². The van der Waals surface area contributed by atoms with Crippen molar-refractivity contribution in [1.29, 1.82) is 5.26 Å². The highest BCUT2D eigenvalue weighted by molar-refractivity contribution is 6.11. The smallest absolute Gasteiger partial charge is 0.388 e. The summed E-state index contributed by atoms with van der Waals surface area (Å²) in [6.07, 6.45) is 2.74. The molecule has 1 aliphatic heterocycles. The van der Waals surface area contributed by atoms with Crippen molar-refractivity contribution in [3.63, 3.8) is 0 Å². The molecule has 0 radical (unpaired) electrons. The lowest BCUT2D eigenvalue weighted by Gasteiger charge is -2.19. The van der Waals surface area contributed by atoms with Gasteiger partial charge in [-0.1, -0.05) is 0 Å². The van der Waals surface area contributed by atoms with Crippen molar-refractivity contribution < 1.29 is 27.4 Å². The molecule has 0 saturated heterocycles. The molecule has 0 fully saturated rings.